The molecule has 4 nitrogen and oxygen atoms in total. The number of carbonyl (C=O) groups excluding carboxylic acids is 1. The van der Waals surface area contributed by atoms with Crippen LogP contribution in [-0.2, 0) is 9.53 Å². The second kappa shape index (κ2) is 6.93. The van der Waals surface area contributed by atoms with Gasteiger partial charge in [0.15, 0.2) is 0 Å². The van der Waals surface area contributed by atoms with Gasteiger partial charge < -0.3 is 15.8 Å². The number of nitrogens with two attached hydrogens (primary N) is 1. The minimum absolute atomic E-state index is 0.0598. The maximum Gasteiger partial charge on any atom is 0.236 e. The second-order valence-electron chi connectivity index (χ2n) is 5.04. The van der Waals surface area contributed by atoms with Crippen LogP contribution in [0, 0.1) is 5.82 Å². The van der Waals surface area contributed by atoms with E-state index < -0.39 is 5.91 Å². The zero-order valence-corrected chi connectivity index (χ0v) is 12.7. The molecule has 0 radical (unpaired) electrons. The zero-order valence-electron chi connectivity index (χ0n) is 12.7. The molecule has 0 fully saturated rings. The first-order valence-corrected chi connectivity index (χ1v) is 6.94. The topological polar surface area (TPSA) is 64.3 Å². The number of amides is 1. The molecule has 0 bridgehead atoms. The van der Waals surface area contributed by atoms with Crippen molar-refractivity contribution >= 4 is 11.5 Å². The van der Waals surface area contributed by atoms with Gasteiger partial charge >= 0.3 is 0 Å². The number of hydrogen-bond acceptors (Lipinski definition) is 3. The largest absolute Gasteiger partial charge is 0.501 e. The summed E-state index contributed by atoms with van der Waals surface area (Å²) in [7, 11) is 1.58. The Morgan fingerprint density at radius 2 is 2.09 bits per heavy atom. The quantitative estimate of drug-likeness (QED) is 0.878. The molecule has 0 aromatic heterocycles. The average Bonchev–Trinajstić information content (AvgIpc) is 2.52. The Balaban J connectivity index is 2.39. The molecule has 0 heterocycles. The van der Waals surface area contributed by atoms with E-state index in [1.807, 2.05) is 19.1 Å². The molecule has 1 aliphatic carbocycles. The van der Waals surface area contributed by atoms with Gasteiger partial charge in [-0.3, -0.25) is 4.79 Å². The molecular formula is C17H19FN2O2. The van der Waals surface area contributed by atoms with Crippen LogP contribution < -0.4 is 11.1 Å². The normalized spacial score (nSPS) is 16.5. The van der Waals surface area contributed by atoms with Gasteiger partial charge in [-0.05, 0) is 36.3 Å². The molecule has 5 heteroatoms. The number of primary amides is 1. The number of halogens is 1. The van der Waals surface area contributed by atoms with Crippen molar-refractivity contribution in [2.24, 2.45) is 5.73 Å². The average molecular weight is 302 g/mol. The second-order valence-corrected chi connectivity index (χ2v) is 5.04. The van der Waals surface area contributed by atoms with E-state index >= 15 is 0 Å². The number of ether oxygens (including phenoxy) is 1. The number of allylic oxidation sites excluding steroid dienone is 5. The number of methoxy groups -OCH3 is 1. The van der Waals surface area contributed by atoms with Crippen LogP contribution in [0.4, 0.5) is 4.39 Å². The lowest BCUT2D eigenvalue weighted by Crippen LogP contribution is -2.28. The van der Waals surface area contributed by atoms with Crippen molar-refractivity contribution < 1.29 is 13.9 Å². The molecule has 0 aliphatic heterocycles. The highest BCUT2D eigenvalue weighted by molar-refractivity contribution is 5.79. The van der Waals surface area contributed by atoms with Crippen molar-refractivity contribution in [1.29, 1.82) is 0 Å². The Morgan fingerprint density at radius 3 is 2.73 bits per heavy atom. The smallest absolute Gasteiger partial charge is 0.236 e. The lowest BCUT2D eigenvalue weighted by molar-refractivity contribution is -0.117. The number of benzene rings is 1. The Hall–Kier alpha value is -2.56. The van der Waals surface area contributed by atoms with Crippen LogP contribution in [0.2, 0.25) is 0 Å². The van der Waals surface area contributed by atoms with Crippen LogP contribution in [0.25, 0.3) is 5.57 Å². The summed E-state index contributed by atoms with van der Waals surface area (Å²) in [5, 5.41) is 2.97. The molecule has 1 aromatic carbocycles. The fraction of sp³-hybridized carbons (Fsp3) is 0.235. The summed E-state index contributed by atoms with van der Waals surface area (Å²) in [6.45, 7) is 1.91. The van der Waals surface area contributed by atoms with Crippen molar-refractivity contribution in [2.75, 3.05) is 13.7 Å². The number of hydrogen-bond donors (Lipinski definition) is 2. The molecule has 22 heavy (non-hydrogen) atoms. The van der Waals surface area contributed by atoms with Crippen LogP contribution in [0.5, 0.6) is 0 Å². The van der Waals surface area contributed by atoms with Gasteiger partial charge in [0.05, 0.1) is 13.7 Å². The van der Waals surface area contributed by atoms with Gasteiger partial charge in [-0.15, -0.1) is 0 Å². The fourth-order valence-corrected chi connectivity index (χ4v) is 2.25. The van der Waals surface area contributed by atoms with E-state index in [1.165, 1.54) is 6.07 Å². The lowest BCUT2D eigenvalue weighted by Gasteiger charge is -2.19. The first-order chi connectivity index (χ1) is 10.5. The molecule has 1 aliphatic rings. The predicted molar refractivity (Wildman–Crippen MR) is 84.0 cm³/mol. The summed E-state index contributed by atoms with van der Waals surface area (Å²) in [5.74, 6) is 0.0111. The Kier molecular flexibility index (Phi) is 4.99. The molecule has 116 valence electrons. The van der Waals surface area contributed by atoms with Gasteiger partial charge in [-0.2, -0.15) is 0 Å². The molecule has 0 unspecified atom stereocenters. The number of carbonyl (C=O) groups is 1. The van der Waals surface area contributed by atoms with Crippen molar-refractivity contribution in [3.05, 3.63) is 64.8 Å². The number of nitrogens with one attached hydrogen (secondary N) is 1. The maximum absolute atomic E-state index is 14.0. The van der Waals surface area contributed by atoms with E-state index in [1.54, 1.807) is 25.3 Å². The van der Waals surface area contributed by atoms with E-state index in [2.05, 4.69) is 5.32 Å². The van der Waals surface area contributed by atoms with Crippen molar-refractivity contribution in [1.82, 2.24) is 5.32 Å². The van der Waals surface area contributed by atoms with Gasteiger partial charge in [-0.25, -0.2) is 4.39 Å². The van der Waals surface area contributed by atoms with E-state index in [0.29, 0.717) is 12.0 Å². The van der Waals surface area contributed by atoms with Crippen LogP contribution in [-0.4, -0.2) is 19.6 Å². The summed E-state index contributed by atoms with van der Waals surface area (Å²) in [6.07, 6.45) is 4.29. The number of rotatable bonds is 5. The molecule has 0 saturated heterocycles. The molecule has 0 saturated carbocycles. The van der Waals surface area contributed by atoms with E-state index in [0.717, 1.165) is 22.6 Å². The molecule has 1 amide bonds. The zero-order chi connectivity index (χ0) is 16.1. The molecule has 3 N–H and O–H groups in total. The highest BCUT2D eigenvalue weighted by Gasteiger charge is 2.15. The maximum atomic E-state index is 14.0. The lowest BCUT2D eigenvalue weighted by atomic mass is 9.94. The summed E-state index contributed by atoms with van der Waals surface area (Å²) >= 11 is 0. The molecular weight excluding hydrogens is 283 g/mol. The van der Waals surface area contributed by atoms with E-state index in [4.69, 9.17) is 10.5 Å². The summed E-state index contributed by atoms with van der Waals surface area (Å²) in [5.41, 5.74) is 8.13. The van der Waals surface area contributed by atoms with E-state index in [9.17, 15) is 9.18 Å². The highest BCUT2D eigenvalue weighted by Crippen LogP contribution is 2.31. The van der Waals surface area contributed by atoms with Gasteiger partial charge in [0, 0.05) is 17.7 Å². The molecule has 1 aromatic rings. The third-order valence-electron chi connectivity index (χ3n) is 3.47. The summed E-state index contributed by atoms with van der Waals surface area (Å²) in [6, 6.07) is 6.59. The van der Waals surface area contributed by atoms with Crippen molar-refractivity contribution in [3.63, 3.8) is 0 Å². The minimum atomic E-state index is -0.434. The van der Waals surface area contributed by atoms with Gasteiger partial charge in [0.25, 0.3) is 0 Å². The standard InChI is InChI=1S/C17H19FN2O2/c1-11(20-10-17(19)21)12-7-13(9-14(8-12)22-2)15-5-3-4-6-16(15)18/h3-7,9,20H,8,10H2,1-2H3,(H2,19,21)/b12-11+. The third kappa shape index (κ3) is 3.75. The van der Waals surface area contributed by atoms with E-state index in [-0.39, 0.29) is 12.4 Å². The van der Waals surface area contributed by atoms with Gasteiger partial charge in [0.2, 0.25) is 5.91 Å². The SMILES string of the molecule is COC1=CC(c2ccccc2F)=C/C(=C(/C)NCC(N)=O)C1. The summed E-state index contributed by atoms with van der Waals surface area (Å²) < 4.78 is 19.3. The predicted octanol–water partition coefficient (Wildman–Crippen LogP) is 2.49. The Labute approximate surface area is 129 Å². The van der Waals surface area contributed by atoms with Gasteiger partial charge in [-0.1, -0.05) is 18.2 Å². The van der Waals surface area contributed by atoms with Crippen LogP contribution in [0.1, 0.15) is 18.9 Å². The molecule has 0 spiro atoms. The third-order valence-corrected chi connectivity index (χ3v) is 3.47. The monoisotopic (exact) mass is 302 g/mol. The minimum Gasteiger partial charge on any atom is -0.501 e. The molecule has 2 rings (SSSR count). The fourth-order valence-electron chi connectivity index (χ4n) is 2.25. The van der Waals surface area contributed by atoms with Gasteiger partial charge in [0.1, 0.15) is 11.6 Å². The highest BCUT2D eigenvalue weighted by atomic mass is 19.1. The molecule has 0 atom stereocenters. The van der Waals surface area contributed by atoms with Crippen molar-refractivity contribution in [3.8, 4) is 0 Å². The van der Waals surface area contributed by atoms with Crippen LogP contribution in [0.15, 0.2) is 53.4 Å². The summed E-state index contributed by atoms with van der Waals surface area (Å²) in [4.78, 5) is 10.9. The first kappa shape index (κ1) is 15.8. The first-order valence-electron chi connectivity index (χ1n) is 6.94. The Bertz CT molecular complexity index is 675. The van der Waals surface area contributed by atoms with Crippen LogP contribution >= 0.6 is 0 Å². The van der Waals surface area contributed by atoms with Crippen molar-refractivity contribution in [2.45, 2.75) is 13.3 Å². The Morgan fingerprint density at radius 1 is 1.36 bits per heavy atom. The van der Waals surface area contributed by atoms with Crippen LogP contribution in [0.3, 0.4) is 0 Å².